The summed E-state index contributed by atoms with van der Waals surface area (Å²) in [6.07, 6.45) is 0.549. The lowest BCUT2D eigenvalue weighted by Crippen LogP contribution is -2.43. The number of ketones is 1. The van der Waals surface area contributed by atoms with E-state index in [-0.39, 0.29) is 44.2 Å². The maximum Gasteiger partial charge on any atom is 0.451 e. The molecule has 0 amide bonds. The van der Waals surface area contributed by atoms with Crippen molar-refractivity contribution in [1.82, 2.24) is 19.7 Å². The van der Waals surface area contributed by atoms with Gasteiger partial charge in [-0.1, -0.05) is 34.2 Å². The van der Waals surface area contributed by atoms with Gasteiger partial charge in [-0.2, -0.15) is 18.3 Å². The van der Waals surface area contributed by atoms with Gasteiger partial charge >= 0.3 is 6.18 Å². The van der Waals surface area contributed by atoms with Gasteiger partial charge in [-0.15, -0.1) is 0 Å². The number of aromatic nitrogens is 4. The minimum atomic E-state index is -4.67. The maximum absolute atomic E-state index is 13.2. The lowest BCUT2D eigenvalue weighted by molar-refractivity contribution is -0.145. The maximum atomic E-state index is 13.2. The standard InChI is InChI=1S/C23H20ClF4IN4O3S/c24-21-13(12-33(32-21)15-10-30-22(31-11-15)23(26,27)28)9-16(34)3-7-19(29)18-6-8-20(18)37(35,36)17-4-1-14(25)2-5-17/h1-2,4-5,10-12,18-20H,3,6-9H2/t18-,19?,20-/m0/s1. The zero-order valence-electron chi connectivity index (χ0n) is 19.0. The molecule has 37 heavy (non-hydrogen) atoms. The van der Waals surface area contributed by atoms with Gasteiger partial charge in [0, 0.05) is 28.5 Å². The smallest absolute Gasteiger partial charge is 0.299 e. The molecule has 0 saturated heterocycles. The van der Waals surface area contributed by atoms with Crippen molar-refractivity contribution >= 4 is 49.8 Å². The fraction of sp³-hybridized carbons (Fsp3) is 0.391. The van der Waals surface area contributed by atoms with Crippen LogP contribution in [0.25, 0.3) is 5.69 Å². The number of sulfone groups is 1. The van der Waals surface area contributed by atoms with Gasteiger partial charge in [0.2, 0.25) is 5.82 Å². The highest BCUT2D eigenvalue weighted by atomic mass is 127. The number of alkyl halides is 4. The predicted octanol–water partition coefficient (Wildman–Crippen LogP) is 5.42. The third-order valence-electron chi connectivity index (χ3n) is 6.25. The average molecular weight is 671 g/mol. The molecular weight excluding hydrogens is 651 g/mol. The highest BCUT2D eigenvalue weighted by Crippen LogP contribution is 2.42. The normalized spacial score (nSPS) is 18.9. The van der Waals surface area contributed by atoms with Gasteiger partial charge in [0.1, 0.15) is 17.3 Å². The van der Waals surface area contributed by atoms with E-state index in [1.54, 1.807) is 0 Å². The second-order valence-electron chi connectivity index (χ2n) is 8.70. The van der Waals surface area contributed by atoms with Crippen molar-refractivity contribution in [3.8, 4) is 5.69 Å². The fourth-order valence-electron chi connectivity index (χ4n) is 4.13. The summed E-state index contributed by atoms with van der Waals surface area (Å²) < 4.78 is 78.2. The SMILES string of the molecule is O=C(CCC(I)[C@@H]1CC[C@@H]1S(=O)(=O)c1ccc(F)cc1)Cc1cn(-c2cnc(C(F)(F)F)nc2)nc1Cl. The number of benzene rings is 1. The van der Waals surface area contributed by atoms with Gasteiger partial charge in [-0.05, 0) is 49.4 Å². The van der Waals surface area contributed by atoms with E-state index in [1.807, 2.05) is 0 Å². The molecule has 1 fully saturated rings. The minimum absolute atomic E-state index is 0.0312. The van der Waals surface area contributed by atoms with Crippen LogP contribution in [0.3, 0.4) is 0 Å². The van der Waals surface area contributed by atoms with E-state index < -0.39 is 32.9 Å². The number of nitrogens with zero attached hydrogens (tertiary/aromatic N) is 4. The molecule has 7 nitrogen and oxygen atoms in total. The van der Waals surface area contributed by atoms with Crippen LogP contribution in [0.5, 0.6) is 0 Å². The molecule has 198 valence electrons. The van der Waals surface area contributed by atoms with Crippen molar-refractivity contribution in [2.45, 2.75) is 52.4 Å². The van der Waals surface area contributed by atoms with Gasteiger partial charge < -0.3 is 0 Å². The van der Waals surface area contributed by atoms with Crippen LogP contribution < -0.4 is 0 Å². The Kier molecular flexibility index (Phi) is 8.24. The molecule has 3 aromatic rings. The molecule has 0 bridgehead atoms. The molecule has 2 aromatic heterocycles. The van der Waals surface area contributed by atoms with E-state index in [4.69, 9.17) is 11.6 Å². The van der Waals surface area contributed by atoms with Crippen molar-refractivity contribution in [2.24, 2.45) is 5.92 Å². The minimum Gasteiger partial charge on any atom is -0.299 e. The Bertz CT molecular complexity index is 1380. The Morgan fingerprint density at radius 1 is 1.16 bits per heavy atom. The highest BCUT2D eigenvalue weighted by molar-refractivity contribution is 14.1. The molecule has 0 spiro atoms. The predicted molar refractivity (Wildman–Crippen MR) is 135 cm³/mol. The van der Waals surface area contributed by atoms with Crippen LogP contribution in [-0.4, -0.2) is 43.1 Å². The zero-order valence-corrected chi connectivity index (χ0v) is 22.7. The first-order chi connectivity index (χ1) is 17.4. The first kappa shape index (κ1) is 27.9. The van der Waals surface area contributed by atoms with Crippen molar-refractivity contribution in [3.05, 3.63) is 65.2 Å². The molecule has 14 heteroatoms. The van der Waals surface area contributed by atoms with E-state index in [2.05, 4.69) is 37.7 Å². The monoisotopic (exact) mass is 670 g/mol. The Hall–Kier alpha value is -2.13. The summed E-state index contributed by atoms with van der Waals surface area (Å²) in [6, 6.07) is 4.79. The molecule has 3 atom stereocenters. The number of halogens is 6. The van der Waals surface area contributed by atoms with E-state index in [9.17, 15) is 30.8 Å². The van der Waals surface area contributed by atoms with E-state index >= 15 is 0 Å². The van der Waals surface area contributed by atoms with Crippen LogP contribution in [0.1, 0.15) is 37.1 Å². The summed E-state index contributed by atoms with van der Waals surface area (Å²) in [4.78, 5) is 19.3. The Morgan fingerprint density at radius 2 is 1.81 bits per heavy atom. The Morgan fingerprint density at radius 3 is 2.38 bits per heavy atom. The highest BCUT2D eigenvalue weighted by Gasteiger charge is 2.44. The van der Waals surface area contributed by atoms with Crippen LogP contribution in [0.4, 0.5) is 17.6 Å². The Balaban J connectivity index is 1.34. The van der Waals surface area contributed by atoms with Gasteiger partial charge in [-0.25, -0.2) is 27.5 Å². The zero-order chi connectivity index (χ0) is 27.0. The summed E-state index contributed by atoms with van der Waals surface area (Å²) >= 11 is 8.30. The number of Topliss-reactive ketones (excluding diaryl/α,β-unsaturated/α-hetero) is 1. The molecule has 1 saturated carbocycles. The molecule has 2 heterocycles. The van der Waals surface area contributed by atoms with Crippen LogP contribution >= 0.6 is 34.2 Å². The molecule has 1 aliphatic carbocycles. The van der Waals surface area contributed by atoms with Crippen molar-refractivity contribution in [1.29, 1.82) is 0 Å². The second kappa shape index (κ2) is 10.9. The molecule has 0 radical (unpaired) electrons. The number of hydrogen-bond donors (Lipinski definition) is 0. The van der Waals surface area contributed by atoms with Crippen LogP contribution in [-0.2, 0) is 27.2 Å². The van der Waals surface area contributed by atoms with Crippen molar-refractivity contribution in [3.63, 3.8) is 0 Å². The summed E-state index contributed by atoms with van der Waals surface area (Å²) in [5.74, 6) is -2.04. The molecule has 0 aliphatic heterocycles. The molecule has 0 N–H and O–H groups in total. The molecule has 1 aromatic carbocycles. The first-order valence-corrected chi connectivity index (χ1v) is 14.3. The van der Waals surface area contributed by atoms with E-state index in [0.29, 0.717) is 18.4 Å². The second-order valence-corrected chi connectivity index (χ2v) is 12.8. The third-order valence-corrected chi connectivity index (χ3v) is 10.4. The molecule has 4 rings (SSSR count). The fourth-order valence-corrected chi connectivity index (χ4v) is 7.88. The van der Waals surface area contributed by atoms with Crippen molar-refractivity contribution in [2.75, 3.05) is 0 Å². The summed E-state index contributed by atoms with van der Waals surface area (Å²) in [5, 5.41) is 3.48. The van der Waals surface area contributed by atoms with E-state index in [0.717, 1.165) is 30.9 Å². The van der Waals surface area contributed by atoms with Crippen LogP contribution in [0, 0.1) is 11.7 Å². The van der Waals surface area contributed by atoms with Gasteiger partial charge in [-0.3, -0.25) is 4.79 Å². The number of hydrogen-bond acceptors (Lipinski definition) is 6. The van der Waals surface area contributed by atoms with E-state index in [1.165, 1.54) is 23.0 Å². The summed E-state index contributed by atoms with van der Waals surface area (Å²) in [6.45, 7) is 0. The molecular formula is C23H20ClF4IN4O3S. The van der Waals surface area contributed by atoms with Crippen LogP contribution in [0.2, 0.25) is 5.15 Å². The quantitative estimate of drug-likeness (QED) is 0.131. The molecule has 1 unspecified atom stereocenters. The number of carbonyl (C=O) groups is 1. The summed E-state index contributed by atoms with van der Waals surface area (Å²) in [5.41, 5.74) is 0.552. The van der Waals surface area contributed by atoms with Gasteiger partial charge in [0.25, 0.3) is 0 Å². The van der Waals surface area contributed by atoms with Crippen molar-refractivity contribution < 1.29 is 30.8 Å². The number of carbonyl (C=O) groups excluding carboxylic acids is 1. The van der Waals surface area contributed by atoms with Gasteiger partial charge in [0.15, 0.2) is 15.0 Å². The summed E-state index contributed by atoms with van der Waals surface area (Å²) in [7, 11) is -3.60. The molecule has 1 aliphatic rings. The topological polar surface area (TPSA) is 94.8 Å². The third kappa shape index (κ3) is 6.30. The van der Waals surface area contributed by atoms with Crippen LogP contribution in [0.15, 0.2) is 47.8 Å². The lowest BCUT2D eigenvalue weighted by Gasteiger charge is -2.39. The largest absolute Gasteiger partial charge is 0.451 e. The lowest BCUT2D eigenvalue weighted by atomic mass is 9.80. The number of rotatable bonds is 9. The average Bonchev–Trinajstić information content (AvgIpc) is 3.16. The van der Waals surface area contributed by atoms with Gasteiger partial charge in [0.05, 0.1) is 22.5 Å². The Labute approximate surface area is 228 Å². The first-order valence-electron chi connectivity index (χ1n) is 11.1.